The Morgan fingerprint density at radius 2 is 2.00 bits per heavy atom. The van der Waals surface area contributed by atoms with Crippen molar-refractivity contribution in [1.29, 1.82) is 0 Å². The first-order valence-electron chi connectivity index (χ1n) is 10.5. The Morgan fingerprint density at radius 3 is 2.67 bits per heavy atom. The van der Waals surface area contributed by atoms with E-state index in [0.717, 1.165) is 4.90 Å². The van der Waals surface area contributed by atoms with Crippen LogP contribution in [-0.2, 0) is 11.3 Å². The fraction of sp³-hybridized carbons (Fsp3) is 0.524. The van der Waals surface area contributed by atoms with Gasteiger partial charge in [-0.3, -0.25) is 9.36 Å². The molecular formula is C21H24ClF3N4O4. The average Bonchev–Trinajstić information content (AvgIpc) is 2.79. The number of aliphatic hydroxyl groups excluding tert-OH is 1. The number of fused-ring (bicyclic) bond motifs is 1. The Kier molecular flexibility index (Phi) is 6.73. The number of hydrogen-bond acceptors (Lipinski definition) is 7. The Hall–Kier alpha value is -2.50. The summed E-state index contributed by atoms with van der Waals surface area (Å²) in [7, 11) is 1.38. The van der Waals surface area contributed by atoms with Crippen LogP contribution in [0.3, 0.4) is 0 Å². The maximum atomic E-state index is 14.0. The zero-order valence-electron chi connectivity index (χ0n) is 17.9. The molecule has 2 aromatic rings. The molecule has 1 aromatic heterocycles. The molecule has 2 atom stereocenters. The van der Waals surface area contributed by atoms with Crippen molar-refractivity contribution in [3.05, 3.63) is 45.2 Å². The molecule has 0 radical (unpaired) electrons. The smallest absolute Gasteiger partial charge is 0.408 e. The molecular weight excluding hydrogens is 465 g/mol. The zero-order valence-corrected chi connectivity index (χ0v) is 18.6. The monoisotopic (exact) mass is 488 g/mol. The van der Waals surface area contributed by atoms with Gasteiger partial charge in [0.25, 0.3) is 5.56 Å². The van der Waals surface area contributed by atoms with E-state index < -0.39 is 30.4 Å². The van der Waals surface area contributed by atoms with E-state index in [0.29, 0.717) is 37.1 Å². The van der Waals surface area contributed by atoms with Gasteiger partial charge < -0.3 is 24.4 Å². The third kappa shape index (κ3) is 4.90. The van der Waals surface area contributed by atoms with Gasteiger partial charge >= 0.3 is 6.18 Å². The number of rotatable bonds is 5. The molecule has 0 saturated carbocycles. The fourth-order valence-electron chi connectivity index (χ4n) is 4.21. The highest BCUT2D eigenvalue weighted by atomic mass is 35.5. The minimum absolute atomic E-state index is 0.119. The molecule has 4 rings (SSSR count). The number of nitrogens with zero attached hydrogens (tertiary/aromatic N) is 4. The second-order valence-electron chi connectivity index (χ2n) is 7.90. The van der Waals surface area contributed by atoms with E-state index in [-0.39, 0.29) is 30.2 Å². The van der Waals surface area contributed by atoms with Crippen LogP contribution in [-0.4, -0.2) is 66.8 Å². The number of halogens is 4. The number of methoxy groups -OCH3 is 1. The van der Waals surface area contributed by atoms with Gasteiger partial charge in [0.05, 0.1) is 26.9 Å². The third-order valence-electron chi connectivity index (χ3n) is 5.87. The molecule has 1 N–H and O–H groups in total. The summed E-state index contributed by atoms with van der Waals surface area (Å²) in [6.07, 6.45) is -6.26. The maximum absolute atomic E-state index is 14.0. The number of ether oxygens (including phenoxy) is 2. The van der Waals surface area contributed by atoms with Crippen LogP contribution in [0.1, 0.15) is 18.1 Å². The summed E-state index contributed by atoms with van der Waals surface area (Å²) in [5.74, 6) is 0.425. The van der Waals surface area contributed by atoms with Crippen molar-refractivity contribution in [2.75, 3.05) is 49.8 Å². The van der Waals surface area contributed by atoms with E-state index in [1.165, 1.54) is 35.9 Å². The van der Waals surface area contributed by atoms with Gasteiger partial charge in [-0.1, -0.05) is 17.7 Å². The second-order valence-corrected chi connectivity index (χ2v) is 8.34. The van der Waals surface area contributed by atoms with Crippen LogP contribution in [0.15, 0.2) is 29.1 Å². The van der Waals surface area contributed by atoms with Crippen molar-refractivity contribution >= 4 is 23.4 Å². The van der Waals surface area contributed by atoms with E-state index in [1.807, 2.05) is 0 Å². The molecule has 3 heterocycles. The van der Waals surface area contributed by atoms with E-state index in [1.54, 1.807) is 4.90 Å². The van der Waals surface area contributed by atoms with Gasteiger partial charge in [-0.05, 0) is 18.6 Å². The van der Waals surface area contributed by atoms with Gasteiger partial charge in [0, 0.05) is 36.3 Å². The molecule has 1 fully saturated rings. The van der Waals surface area contributed by atoms with E-state index in [2.05, 4.69) is 4.98 Å². The van der Waals surface area contributed by atoms with E-state index >= 15 is 0 Å². The largest absolute Gasteiger partial charge is 0.496 e. The van der Waals surface area contributed by atoms with Crippen molar-refractivity contribution in [3.63, 3.8) is 0 Å². The molecule has 0 aliphatic carbocycles. The third-order valence-corrected chi connectivity index (χ3v) is 6.11. The number of aromatic nitrogens is 2. The van der Waals surface area contributed by atoms with Gasteiger partial charge in [-0.15, -0.1) is 0 Å². The molecule has 1 aromatic carbocycles. The maximum Gasteiger partial charge on any atom is 0.408 e. The highest BCUT2D eigenvalue weighted by Crippen LogP contribution is 2.37. The molecule has 180 valence electrons. The molecule has 1 saturated heterocycles. The number of anilines is 2. The summed E-state index contributed by atoms with van der Waals surface area (Å²) in [6, 6.07) is 3.93. The molecule has 0 spiro atoms. The Morgan fingerprint density at radius 1 is 1.27 bits per heavy atom. The molecule has 2 aliphatic rings. The lowest BCUT2D eigenvalue weighted by atomic mass is 10.0. The van der Waals surface area contributed by atoms with Crippen LogP contribution in [0.2, 0.25) is 5.02 Å². The molecule has 0 bridgehead atoms. The van der Waals surface area contributed by atoms with Gasteiger partial charge in [0.2, 0.25) is 5.95 Å². The van der Waals surface area contributed by atoms with Crippen LogP contribution < -0.4 is 20.1 Å². The predicted molar refractivity (Wildman–Crippen MR) is 116 cm³/mol. The van der Waals surface area contributed by atoms with Crippen LogP contribution in [0, 0.1) is 0 Å². The Bertz CT molecular complexity index is 1060. The first-order chi connectivity index (χ1) is 15.7. The topological polar surface area (TPSA) is 80.1 Å². The highest BCUT2D eigenvalue weighted by molar-refractivity contribution is 6.30. The van der Waals surface area contributed by atoms with Crippen molar-refractivity contribution in [1.82, 2.24) is 9.55 Å². The van der Waals surface area contributed by atoms with Crippen molar-refractivity contribution in [3.8, 4) is 5.75 Å². The SMILES string of the molecule is COc1cc(Cl)ccc1[C@H](O)CN1c2nc(N3CCOCC3)cc(=O)n2CCC1C(F)(F)F. The Balaban J connectivity index is 1.74. The van der Waals surface area contributed by atoms with Gasteiger partial charge in [-0.2, -0.15) is 18.2 Å². The molecule has 2 aliphatic heterocycles. The summed E-state index contributed by atoms with van der Waals surface area (Å²) in [6.45, 7) is 1.26. The minimum atomic E-state index is -4.58. The standard InChI is InChI=1S/C21H24ClF3N4O4/c1-32-16-10-13(22)2-3-14(16)15(30)12-29-17(21(23,24)25)4-5-28-19(31)11-18(26-20(28)29)27-6-8-33-9-7-27/h2-3,10-11,15,17,30H,4-9,12H2,1H3/t15-,17?/m1/s1. The first kappa shape index (κ1) is 23.7. The normalized spacial score (nSPS) is 19.9. The molecule has 8 nitrogen and oxygen atoms in total. The number of alkyl halides is 3. The van der Waals surface area contributed by atoms with Crippen LogP contribution in [0.5, 0.6) is 5.75 Å². The molecule has 33 heavy (non-hydrogen) atoms. The zero-order chi connectivity index (χ0) is 23.8. The molecule has 12 heteroatoms. The summed E-state index contributed by atoms with van der Waals surface area (Å²) >= 11 is 5.97. The molecule has 1 unspecified atom stereocenters. The van der Waals surface area contributed by atoms with E-state index in [4.69, 9.17) is 21.1 Å². The lowest BCUT2D eigenvalue weighted by molar-refractivity contribution is -0.153. The lowest BCUT2D eigenvalue weighted by Gasteiger charge is -2.40. The predicted octanol–water partition coefficient (Wildman–Crippen LogP) is 2.62. The number of aliphatic hydroxyl groups is 1. The highest BCUT2D eigenvalue weighted by Gasteiger charge is 2.47. The Labute approximate surface area is 193 Å². The number of morpholine rings is 1. The van der Waals surface area contributed by atoms with Crippen molar-refractivity contribution < 1.29 is 27.8 Å². The van der Waals surface area contributed by atoms with Gasteiger partial charge in [0.15, 0.2) is 0 Å². The fourth-order valence-corrected chi connectivity index (χ4v) is 4.37. The van der Waals surface area contributed by atoms with Gasteiger partial charge in [-0.25, -0.2) is 0 Å². The van der Waals surface area contributed by atoms with Crippen LogP contribution >= 0.6 is 11.6 Å². The molecule has 0 amide bonds. The summed E-state index contributed by atoms with van der Waals surface area (Å²) in [4.78, 5) is 20.0. The summed E-state index contributed by atoms with van der Waals surface area (Å²) in [5, 5.41) is 11.3. The first-order valence-corrected chi connectivity index (χ1v) is 10.9. The summed E-state index contributed by atoms with van der Waals surface area (Å²) < 4.78 is 53.7. The van der Waals surface area contributed by atoms with Crippen molar-refractivity contribution in [2.45, 2.75) is 31.3 Å². The quantitative estimate of drug-likeness (QED) is 0.693. The minimum Gasteiger partial charge on any atom is -0.496 e. The van der Waals surface area contributed by atoms with Crippen LogP contribution in [0.25, 0.3) is 0 Å². The second kappa shape index (κ2) is 9.40. The average molecular weight is 489 g/mol. The summed E-state index contributed by atoms with van der Waals surface area (Å²) in [5.41, 5.74) is -0.155. The van der Waals surface area contributed by atoms with Crippen molar-refractivity contribution in [2.24, 2.45) is 0 Å². The number of hydrogen-bond donors (Lipinski definition) is 1. The van der Waals surface area contributed by atoms with Gasteiger partial charge in [0.1, 0.15) is 23.7 Å². The lowest BCUT2D eigenvalue weighted by Crippen LogP contribution is -2.54. The number of β-amino-alcohol motifs (C(OH)–C–C–N with tert-alkyl or cyclic N) is 1. The van der Waals surface area contributed by atoms with Crippen LogP contribution in [0.4, 0.5) is 24.9 Å². The van der Waals surface area contributed by atoms with E-state index in [9.17, 15) is 23.1 Å². The number of benzene rings is 1.